The van der Waals surface area contributed by atoms with Gasteiger partial charge in [0.2, 0.25) is 5.91 Å². The van der Waals surface area contributed by atoms with E-state index in [2.05, 4.69) is 16.4 Å². The summed E-state index contributed by atoms with van der Waals surface area (Å²) >= 11 is 1.41. The van der Waals surface area contributed by atoms with E-state index in [0.29, 0.717) is 22.5 Å². The Bertz CT molecular complexity index is 1370. The first-order valence-corrected chi connectivity index (χ1v) is 10.7. The van der Waals surface area contributed by atoms with Crippen molar-refractivity contribution in [1.82, 2.24) is 9.38 Å². The number of nitriles is 1. The summed E-state index contributed by atoms with van der Waals surface area (Å²) in [6.07, 6.45) is 0. The lowest BCUT2D eigenvalue weighted by atomic mass is 10.1. The molecule has 0 saturated carbocycles. The van der Waals surface area contributed by atoms with Crippen molar-refractivity contribution < 1.29 is 9.59 Å². The largest absolute Gasteiger partial charge is 0.325 e. The monoisotopic (exact) mass is 428 g/mol. The molecule has 1 N–H and O–H groups in total. The van der Waals surface area contributed by atoms with Crippen LogP contribution in [-0.2, 0) is 4.79 Å². The minimum atomic E-state index is -0.399. The lowest BCUT2D eigenvalue weighted by Gasteiger charge is -2.15. The number of fused-ring (bicyclic) bond motifs is 3. The van der Waals surface area contributed by atoms with Crippen molar-refractivity contribution in [2.75, 3.05) is 5.32 Å². The molecule has 0 aliphatic carbocycles. The van der Waals surface area contributed by atoms with Crippen LogP contribution in [0.25, 0.3) is 16.7 Å². The number of rotatable bonds is 5. The summed E-state index contributed by atoms with van der Waals surface area (Å²) < 4.78 is 1.94. The van der Waals surface area contributed by atoms with Crippen LogP contribution in [-0.4, -0.2) is 26.3 Å². The van der Waals surface area contributed by atoms with Gasteiger partial charge in [0.15, 0.2) is 11.4 Å². The molecule has 0 aliphatic heterocycles. The molecule has 0 unspecified atom stereocenters. The lowest BCUT2D eigenvalue weighted by Crippen LogP contribution is -2.22. The Balaban J connectivity index is 1.65. The zero-order valence-electron chi connectivity index (χ0n) is 17.3. The number of pyridine rings is 1. The fourth-order valence-corrected chi connectivity index (χ4v) is 4.47. The van der Waals surface area contributed by atoms with Crippen molar-refractivity contribution in [3.8, 4) is 6.07 Å². The SMILES string of the molecule is CC(=O)c1ccc(NC(=O)[C@H](C)Sc2cc(C)c(C#N)c3nc4ccccc4n23)cc1. The van der Waals surface area contributed by atoms with Gasteiger partial charge >= 0.3 is 0 Å². The normalized spacial score (nSPS) is 11.9. The van der Waals surface area contributed by atoms with Gasteiger partial charge in [-0.05, 0) is 68.8 Å². The quantitative estimate of drug-likeness (QED) is 0.357. The molecule has 2 heterocycles. The van der Waals surface area contributed by atoms with Crippen LogP contribution in [0.2, 0.25) is 0 Å². The summed E-state index contributed by atoms with van der Waals surface area (Å²) in [5.74, 6) is -0.172. The summed E-state index contributed by atoms with van der Waals surface area (Å²) in [5, 5.41) is 13.0. The number of amides is 1. The number of carbonyl (C=O) groups is 2. The summed E-state index contributed by atoms with van der Waals surface area (Å²) in [4.78, 5) is 28.9. The van der Waals surface area contributed by atoms with Crippen molar-refractivity contribution in [2.24, 2.45) is 0 Å². The van der Waals surface area contributed by atoms with E-state index in [9.17, 15) is 14.9 Å². The van der Waals surface area contributed by atoms with Crippen molar-refractivity contribution in [3.63, 3.8) is 0 Å². The van der Waals surface area contributed by atoms with Crippen molar-refractivity contribution in [1.29, 1.82) is 5.26 Å². The Morgan fingerprint density at radius 3 is 2.55 bits per heavy atom. The number of nitrogens with zero attached hydrogens (tertiary/aromatic N) is 3. The second kappa shape index (κ2) is 8.25. The Labute approximate surface area is 183 Å². The number of para-hydroxylation sites is 2. The van der Waals surface area contributed by atoms with Crippen molar-refractivity contribution >= 4 is 45.8 Å². The van der Waals surface area contributed by atoms with Crippen LogP contribution in [0, 0.1) is 18.3 Å². The molecule has 7 heteroatoms. The molecule has 4 rings (SSSR count). The van der Waals surface area contributed by atoms with Gasteiger partial charge in [-0.3, -0.25) is 14.0 Å². The number of carbonyl (C=O) groups excluding carboxylic acids is 2. The van der Waals surface area contributed by atoms with E-state index < -0.39 is 5.25 Å². The maximum Gasteiger partial charge on any atom is 0.237 e. The number of benzene rings is 2. The molecule has 0 aliphatic rings. The van der Waals surface area contributed by atoms with Gasteiger partial charge in [0.05, 0.1) is 26.9 Å². The lowest BCUT2D eigenvalue weighted by molar-refractivity contribution is -0.115. The number of hydrogen-bond donors (Lipinski definition) is 1. The molecule has 0 bridgehead atoms. The molecule has 0 spiro atoms. The van der Waals surface area contributed by atoms with Crippen LogP contribution in [0.1, 0.15) is 35.3 Å². The molecule has 6 nitrogen and oxygen atoms in total. The minimum Gasteiger partial charge on any atom is -0.325 e. The van der Waals surface area contributed by atoms with Crippen LogP contribution < -0.4 is 5.32 Å². The number of ketones is 1. The van der Waals surface area contributed by atoms with Gasteiger partial charge in [-0.1, -0.05) is 23.9 Å². The molecule has 1 amide bonds. The number of hydrogen-bond acceptors (Lipinski definition) is 5. The highest BCUT2D eigenvalue weighted by molar-refractivity contribution is 8.00. The van der Waals surface area contributed by atoms with Crippen molar-refractivity contribution in [3.05, 3.63) is 71.3 Å². The second-order valence-corrected chi connectivity index (χ2v) is 8.66. The summed E-state index contributed by atoms with van der Waals surface area (Å²) in [5.41, 5.74) is 4.87. The van der Waals surface area contributed by atoms with E-state index in [1.165, 1.54) is 18.7 Å². The van der Waals surface area contributed by atoms with Gasteiger partial charge in [-0.15, -0.1) is 0 Å². The first-order chi connectivity index (χ1) is 14.9. The van der Waals surface area contributed by atoms with Gasteiger partial charge in [0.1, 0.15) is 6.07 Å². The van der Waals surface area contributed by atoms with E-state index in [1.54, 1.807) is 24.3 Å². The summed E-state index contributed by atoms with van der Waals surface area (Å²) in [7, 11) is 0. The van der Waals surface area contributed by atoms with Crippen LogP contribution in [0.5, 0.6) is 0 Å². The van der Waals surface area contributed by atoms with Gasteiger partial charge in [-0.25, -0.2) is 4.98 Å². The predicted octanol–water partition coefficient (Wildman–Crippen LogP) is 4.99. The molecular weight excluding hydrogens is 408 g/mol. The smallest absolute Gasteiger partial charge is 0.237 e. The number of imidazole rings is 1. The van der Waals surface area contributed by atoms with Gasteiger partial charge in [-0.2, -0.15) is 5.26 Å². The van der Waals surface area contributed by atoms with E-state index in [1.807, 2.05) is 48.6 Å². The highest BCUT2D eigenvalue weighted by atomic mass is 32.2. The van der Waals surface area contributed by atoms with Crippen molar-refractivity contribution in [2.45, 2.75) is 31.0 Å². The molecule has 0 radical (unpaired) electrons. The fraction of sp³-hybridized carbons (Fsp3) is 0.167. The second-order valence-electron chi connectivity index (χ2n) is 7.29. The average molecular weight is 429 g/mol. The Hall–Kier alpha value is -3.63. The minimum absolute atomic E-state index is 0.0189. The fourth-order valence-electron chi connectivity index (χ4n) is 3.41. The van der Waals surface area contributed by atoms with Crippen LogP contribution in [0.15, 0.2) is 59.6 Å². The van der Waals surface area contributed by atoms with E-state index >= 15 is 0 Å². The number of anilines is 1. The third-order valence-electron chi connectivity index (χ3n) is 5.08. The highest BCUT2D eigenvalue weighted by Crippen LogP contribution is 2.31. The molecule has 0 saturated heterocycles. The molecule has 0 fully saturated rings. The molecule has 1 atom stereocenters. The first-order valence-electron chi connectivity index (χ1n) is 9.78. The number of aryl methyl sites for hydroxylation is 1. The molecule has 2 aromatic heterocycles. The van der Waals surface area contributed by atoms with E-state index in [-0.39, 0.29) is 11.7 Å². The number of nitrogens with one attached hydrogen (secondary N) is 1. The molecule has 4 aromatic rings. The molecular formula is C24H20N4O2S. The third kappa shape index (κ3) is 3.90. The van der Waals surface area contributed by atoms with Gasteiger partial charge < -0.3 is 5.32 Å². The number of aromatic nitrogens is 2. The highest BCUT2D eigenvalue weighted by Gasteiger charge is 2.20. The van der Waals surface area contributed by atoms with Crippen LogP contribution in [0.4, 0.5) is 5.69 Å². The van der Waals surface area contributed by atoms with E-state index in [0.717, 1.165) is 21.6 Å². The third-order valence-corrected chi connectivity index (χ3v) is 6.19. The van der Waals surface area contributed by atoms with Gasteiger partial charge in [0.25, 0.3) is 0 Å². The Kier molecular flexibility index (Phi) is 5.49. The Morgan fingerprint density at radius 1 is 1.16 bits per heavy atom. The van der Waals surface area contributed by atoms with Crippen LogP contribution in [0.3, 0.4) is 0 Å². The predicted molar refractivity (Wildman–Crippen MR) is 123 cm³/mol. The molecule has 154 valence electrons. The van der Waals surface area contributed by atoms with Gasteiger partial charge in [0, 0.05) is 11.3 Å². The average Bonchev–Trinajstić information content (AvgIpc) is 3.13. The Morgan fingerprint density at radius 2 is 1.87 bits per heavy atom. The maximum absolute atomic E-state index is 12.8. The summed E-state index contributed by atoms with van der Waals surface area (Å²) in [6, 6.07) is 18.7. The molecule has 2 aromatic carbocycles. The van der Waals surface area contributed by atoms with Crippen LogP contribution >= 0.6 is 11.8 Å². The molecule has 31 heavy (non-hydrogen) atoms. The maximum atomic E-state index is 12.8. The standard InChI is InChI=1S/C24H20N4O2S/c1-14-12-22(28-21-7-5-4-6-20(21)27-23(28)19(14)13-25)31-16(3)24(30)26-18-10-8-17(9-11-18)15(2)29/h4-12,16H,1-3H3,(H,26,30)/t16-/m0/s1. The zero-order valence-corrected chi connectivity index (χ0v) is 18.2. The number of Topliss-reactive ketones (excluding diaryl/α,β-unsaturated/α-hetero) is 1. The topological polar surface area (TPSA) is 87.3 Å². The number of thioether (sulfide) groups is 1. The zero-order chi connectivity index (χ0) is 22.1. The summed E-state index contributed by atoms with van der Waals surface area (Å²) in [6.45, 7) is 5.22. The van der Waals surface area contributed by atoms with E-state index in [4.69, 9.17) is 0 Å². The first kappa shape index (κ1) is 20.6.